The summed E-state index contributed by atoms with van der Waals surface area (Å²) >= 11 is 0. The molecule has 4 N–H and O–H groups in total. The molecule has 10 heteroatoms. The summed E-state index contributed by atoms with van der Waals surface area (Å²) < 4.78 is 5.74. The largest absolute Gasteiger partial charge is 0.465 e. The number of hydrogen-bond acceptors (Lipinski definition) is 5. The zero-order valence-electron chi connectivity index (χ0n) is 20.4. The van der Waals surface area contributed by atoms with E-state index in [1.807, 2.05) is 36.4 Å². The van der Waals surface area contributed by atoms with E-state index in [-0.39, 0.29) is 31.1 Å². The van der Waals surface area contributed by atoms with Crippen molar-refractivity contribution in [1.82, 2.24) is 20.9 Å². The van der Waals surface area contributed by atoms with Gasteiger partial charge in [-0.05, 0) is 38.0 Å². The minimum absolute atomic E-state index is 0.0971. The summed E-state index contributed by atoms with van der Waals surface area (Å²) in [6, 6.07) is 17.0. The predicted molar refractivity (Wildman–Crippen MR) is 132 cm³/mol. The molecule has 0 bridgehead atoms. The van der Waals surface area contributed by atoms with Gasteiger partial charge in [0.2, 0.25) is 11.8 Å². The summed E-state index contributed by atoms with van der Waals surface area (Å²) in [5.41, 5.74) is -0.0104. The molecule has 3 rings (SSSR count). The number of benzene rings is 2. The fourth-order valence-corrected chi connectivity index (χ4v) is 3.86. The predicted octanol–water partition coefficient (Wildman–Crippen LogP) is 1.77. The zero-order chi connectivity index (χ0) is 26.1. The first-order chi connectivity index (χ1) is 17.2. The Morgan fingerprint density at radius 3 is 2.33 bits per heavy atom. The van der Waals surface area contributed by atoms with Crippen LogP contribution in [0.3, 0.4) is 0 Å². The van der Waals surface area contributed by atoms with Gasteiger partial charge in [-0.1, -0.05) is 48.5 Å². The van der Waals surface area contributed by atoms with Crippen molar-refractivity contribution in [3.63, 3.8) is 0 Å². The van der Waals surface area contributed by atoms with E-state index in [9.17, 15) is 19.2 Å². The number of likely N-dealkylation sites (tertiary alicyclic amines) is 1. The maximum Gasteiger partial charge on any atom is 0.405 e. The van der Waals surface area contributed by atoms with E-state index >= 15 is 0 Å². The van der Waals surface area contributed by atoms with Crippen LogP contribution in [0.5, 0.6) is 0 Å². The van der Waals surface area contributed by atoms with Gasteiger partial charge in [0.15, 0.2) is 0 Å². The van der Waals surface area contributed by atoms with Gasteiger partial charge in [-0.2, -0.15) is 0 Å². The van der Waals surface area contributed by atoms with Crippen molar-refractivity contribution in [1.29, 1.82) is 0 Å². The molecule has 4 amide bonds. The molecule has 0 saturated carbocycles. The Morgan fingerprint density at radius 1 is 1.06 bits per heavy atom. The monoisotopic (exact) mass is 496 g/mol. The average Bonchev–Trinajstić information content (AvgIpc) is 3.31. The Kier molecular flexibility index (Phi) is 9.02. The molecule has 2 aromatic carbocycles. The second kappa shape index (κ2) is 12.2. The Labute approximate surface area is 210 Å². The Balaban J connectivity index is 1.63. The number of carbonyl (C=O) groups excluding carboxylic acids is 3. The third kappa shape index (κ3) is 7.54. The van der Waals surface area contributed by atoms with E-state index in [1.165, 1.54) is 13.8 Å². The minimum Gasteiger partial charge on any atom is -0.465 e. The van der Waals surface area contributed by atoms with Gasteiger partial charge in [-0.15, -0.1) is 0 Å². The van der Waals surface area contributed by atoms with Crippen LogP contribution in [0.25, 0.3) is 0 Å². The minimum atomic E-state index is -1.46. The average molecular weight is 497 g/mol. The van der Waals surface area contributed by atoms with Crippen LogP contribution >= 0.6 is 0 Å². The maximum atomic E-state index is 13.4. The number of amides is 4. The van der Waals surface area contributed by atoms with Gasteiger partial charge in [-0.3, -0.25) is 14.4 Å². The number of rotatable bonds is 10. The van der Waals surface area contributed by atoms with Crippen molar-refractivity contribution >= 4 is 23.8 Å². The first-order valence-electron chi connectivity index (χ1n) is 11.7. The fraction of sp³-hybridized carbons (Fsp3) is 0.385. The molecule has 36 heavy (non-hydrogen) atoms. The highest BCUT2D eigenvalue weighted by molar-refractivity contribution is 5.95. The van der Waals surface area contributed by atoms with Crippen LogP contribution in [0.1, 0.15) is 36.2 Å². The summed E-state index contributed by atoms with van der Waals surface area (Å²) in [4.78, 5) is 51.3. The SMILES string of the molecule is CC(C)(NC(=O)O)C(=O)NC(COCc1ccccc1)C(=O)N1CCC(NC(=O)c2ccccc2)C1. The Morgan fingerprint density at radius 2 is 1.69 bits per heavy atom. The Bertz CT molecular complexity index is 1060. The smallest absolute Gasteiger partial charge is 0.405 e. The van der Waals surface area contributed by atoms with Crippen LogP contribution in [0.15, 0.2) is 60.7 Å². The standard InChI is InChI=1S/C26H32N4O6/c1-26(2,29-25(34)35)24(33)28-21(17-36-16-18-9-5-3-6-10-18)23(32)30-14-13-20(15-30)27-22(31)19-11-7-4-8-12-19/h3-12,20-21,29H,13-17H2,1-2H3,(H,27,31)(H,28,33)(H,34,35). The van der Waals surface area contributed by atoms with Crippen molar-refractivity contribution in [3.8, 4) is 0 Å². The molecule has 1 saturated heterocycles. The quantitative estimate of drug-likeness (QED) is 0.396. The highest BCUT2D eigenvalue weighted by Crippen LogP contribution is 2.14. The van der Waals surface area contributed by atoms with Crippen LogP contribution in [0.2, 0.25) is 0 Å². The van der Waals surface area contributed by atoms with E-state index < -0.39 is 23.6 Å². The van der Waals surface area contributed by atoms with Crippen molar-refractivity contribution in [2.24, 2.45) is 0 Å². The Hall–Kier alpha value is -3.92. The number of carboxylic acid groups (broad SMARTS) is 1. The summed E-state index contributed by atoms with van der Waals surface area (Å²) in [5, 5.41) is 16.8. The number of nitrogens with zero attached hydrogens (tertiary/aromatic N) is 1. The number of carbonyl (C=O) groups is 4. The lowest BCUT2D eigenvalue weighted by Gasteiger charge is -2.29. The van der Waals surface area contributed by atoms with Gasteiger partial charge >= 0.3 is 6.09 Å². The third-order valence-corrected chi connectivity index (χ3v) is 5.86. The molecule has 192 valence electrons. The van der Waals surface area contributed by atoms with Crippen molar-refractivity contribution < 1.29 is 29.0 Å². The second-order valence-electron chi connectivity index (χ2n) is 9.19. The van der Waals surface area contributed by atoms with Crippen molar-refractivity contribution in [2.75, 3.05) is 19.7 Å². The summed E-state index contributed by atoms with van der Waals surface area (Å²) in [5.74, 6) is -1.23. The molecule has 1 heterocycles. The highest BCUT2D eigenvalue weighted by Gasteiger charge is 2.36. The topological polar surface area (TPSA) is 137 Å². The lowest BCUT2D eigenvalue weighted by atomic mass is 10.0. The molecule has 0 aliphatic carbocycles. The van der Waals surface area contributed by atoms with E-state index in [0.29, 0.717) is 25.1 Å². The van der Waals surface area contributed by atoms with Crippen LogP contribution in [-0.2, 0) is 20.9 Å². The molecular weight excluding hydrogens is 464 g/mol. The van der Waals surface area contributed by atoms with Gasteiger partial charge in [0, 0.05) is 24.7 Å². The lowest BCUT2D eigenvalue weighted by molar-refractivity contribution is -0.139. The maximum absolute atomic E-state index is 13.4. The van der Waals surface area contributed by atoms with Gasteiger partial charge < -0.3 is 30.7 Å². The highest BCUT2D eigenvalue weighted by atomic mass is 16.5. The van der Waals surface area contributed by atoms with Gasteiger partial charge in [0.1, 0.15) is 11.6 Å². The molecule has 10 nitrogen and oxygen atoms in total. The van der Waals surface area contributed by atoms with E-state index in [0.717, 1.165) is 5.56 Å². The van der Waals surface area contributed by atoms with Gasteiger partial charge in [0.05, 0.1) is 13.2 Å². The summed E-state index contributed by atoms with van der Waals surface area (Å²) in [6.45, 7) is 3.66. The van der Waals surface area contributed by atoms with E-state index in [1.54, 1.807) is 29.2 Å². The molecule has 1 fully saturated rings. The molecule has 2 atom stereocenters. The van der Waals surface area contributed by atoms with E-state index in [2.05, 4.69) is 16.0 Å². The van der Waals surface area contributed by atoms with Crippen LogP contribution in [0, 0.1) is 0 Å². The first kappa shape index (κ1) is 26.7. The zero-order valence-corrected chi connectivity index (χ0v) is 20.4. The molecule has 0 spiro atoms. The molecule has 2 aromatic rings. The fourth-order valence-electron chi connectivity index (χ4n) is 3.86. The molecule has 1 aliphatic heterocycles. The molecule has 0 radical (unpaired) electrons. The van der Waals surface area contributed by atoms with E-state index in [4.69, 9.17) is 9.84 Å². The van der Waals surface area contributed by atoms with Gasteiger partial charge in [0.25, 0.3) is 5.91 Å². The normalized spacial score (nSPS) is 16.2. The molecule has 1 aliphatic rings. The second-order valence-corrected chi connectivity index (χ2v) is 9.19. The van der Waals surface area contributed by atoms with Crippen LogP contribution in [0.4, 0.5) is 4.79 Å². The number of hydrogen-bond donors (Lipinski definition) is 4. The first-order valence-corrected chi connectivity index (χ1v) is 11.7. The molecule has 0 aromatic heterocycles. The van der Waals surface area contributed by atoms with Gasteiger partial charge in [-0.25, -0.2) is 4.79 Å². The van der Waals surface area contributed by atoms with Crippen molar-refractivity contribution in [3.05, 3.63) is 71.8 Å². The summed E-state index contributed by atoms with van der Waals surface area (Å²) in [6.07, 6.45) is -0.781. The summed E-state index contributed by atoms with van der Waals surface area (Å²) in [7, 11) is 0. The van der Waals surface area contributed by atoms with Crippen molar-refractivity contribution in [2.45, 2.75) is 44.5 Å². The third-order valence-electron chi connectivity index (χ3n) is 5.86. The van der Waals surface area contributed by atoms with Crippen LogP contribution < -0.4 is 16.0 Å². The lowest BCUT2D eigenvalue weighted by Crippen LogP contribution is -2.60. The molecule has 2 unspecified atom stereocenters. The number of nitrogens with one attached hydrogen (secondary N) is 3. The number of ether oxygens (including phenoxy) is 1. The molecular formula is C26H32N4O6. The van der Waals surface area contributed by atoms with Crippen LogP contribution in [-0.4, -0.2) is 71.1 Å².